The van der Waals surface area contributed by atoms with Crippen LogP contribution in [0.25, 0.3) is 0 Å². The number of carbonyl (C=O) groups is 1. The first-order chi connectivity index (χ1) is 16.2. The summed E-state index contributed by atoms with van der Waals surface area (Å²) in [4.78, 5) is 20.9. The van der Waals surface area contributed by atoms with E-state index in [1.165, 1.54) is 0 Å². The number of amides is 1. The second-order valence-corrected chi connectivity index (χ2v) is 8.56. The number of hydrogen-bond acceptors (Lipinski definition) is 2. The number of fused-ring (bicyclic) bond motifs is 1. The molecule has 0 aliphatic carbocycles. The summed E-state index contributed by atoms with van der Waals surface area (Å²) < 4.78 is 0. The van der Waals surface area contributed by atoms with Gasteiger partial charge in [0.05, 0.1) is 17.9 Å². The average molecular weight is 451 g/mol. The summed E-state index contributed by atoms with van der Waals surface area (Å²) in [5.41, 5.74) is 5.59. The number of benzene rings is 4. The number of hydrogen-bond donors (Lipinski definition) is 0. The fraction of sp³-hybridized carbons (Fsp3) is 0.103. The molecule has 0 aromatic heterocycles. The van der Waals surface area contributed by atoms with Crippen LogP contribution >= 0.6 is 11.6 Å². The quantitative estimate of drug-likeness (QED) is 0.349. The molecule has 4 aromatic carbocycles. The van der Waals surface area contributed by atoms with E-state index >= 15 is 0 Å². The fourth-order valence-corrected chi connectivity index (χ4v) is 4.41. The summed E-state index contributed by atoms with van der Waals surface area (Å²) in [7, 11) is 0. The molecule has 1 aliphatic heterocycles. The molecule has 4 heteroatoms. The van der Waals surface area contributed by atoms with Gasteiger partial charge in [0.25, 0.3) is 5.91 Å². The summed E-state index contributed by atoms with van der Waals surface area (Å²) >= 11 is 6.43. The average Bonchev–Trinajstić information content (AvgIpc) is 2.96. The maximum absolute atomic E-state index is 14.0. The van der Waals surface area contributed by atoms with E-state index in [2.05, 4.69) is 0 Å². The Balaban J connectivity index is 1.67. The molecule has 0 N–H and O–H groups in total. The third kappa shape index (κ3) is 4.59. The van der Waals surface area contributed by atoms with Gasteiger partial charge in [0.2, 0.25) is 0 Å². The standard InChI is InChI=1S/C29H23ClN2O/c30-24-16-17-27-25(19-24)28(23-14-8-3-9-15-23)31-26(18-21-10-4-1-5-11-21)29(33)32(27)20-22-12-6-2-7-13-22/h1-17,19,26H,18,20H2. The minimum atomic E-state index is -0.544. The van der Waals surface area contributed by atoms with Crippen molar-refractivity contribution in [3.8, 4) is 0 Å². The van der Waals surface area contributed by atoms with Gasteiger partial charge in [0, 0.05) is 22.6 Å². The molecule has 1 unspecified atom stereocenters. The lowest BCUT2D eigenvalue weighted by Gasteiger charge is -2.25. The summed E-state index contributed by atoms with van der Waals surface area (Å²) in [6.45, 7) is 0.469. The predicted molar refractivity (Wildman–Crippen MR) is 135 cm³/mol. The number of nitrogens with zero attached hydrogens (tertiary/aromatic N) is 2. The van der Waals surface area contributed by atoms with Gasteiger partial charge in [-0.05, 0) is 29.3 Å². The first kappa shape index (κ1) is 21.2. The van der Waals surface area contributed by atoms with Crippen LogP contribution in [0.15, 0.2) is 114 Å². The van der Waals surface area contributed by atoms with Crippen LogP contribution in [0.1, 0.15) is 22.3 Å². The number of carbonyl (C=O) groups excluding carboxylic acids is 1. The molecule has 0 spiro atoms. The zero-order valence-corrected chi connectivity index (χ0v) is 18.8. The maximum atomic E-state index is 14.0. The largest absolute Gasteiger partial charge is 0.305 e. The molecule has 33 heavy (non-hydrogen) atoms. The topological polar surface area (TPSA) is 32.7 Å². The lowest BCUT2D eigenvalue weighted by atomic mass is 10.00. The van der Waals surface area contributed by atoms with E-state index in [1.54, 1.807) is 0 Å². The number of aliphatic imine (C=N–C) groups is 1. The Morgan fingerprint density at radius 3 is 2.03 bits per heavy atom. The molecule has 4 aromatic rings. The first-order valence-corrected chi connectivity index (χ1v) is 11.4. The third-order valence-electron chi connectivity index (χ3n) is 5.84. The monoisotopic (exact) mass is 450 g/mol. The molecule has 0 fully saturated rings. The highest BCUT2D eigenvalue weighted by Crippen LogP contribution is 2.32. The Morgan fingerprint density at radius 1 is 0.758 bits per heavy atom. The summed E-state index contributed by atoms with van der Waals surface area (Å²) in [5.74, 6) is -0.0165. The number of halogens is 1. The molecular weight excluding hydrogens is 428 g/mol. The highest BCUT2D eigenvalue weighted by Gasteiger charge is 2.32. The Morgan fingerprint density at radius 2 is 1.36 bits per heavy atom. The molecule has 1 amide bonds. The van der Waals surface area contributed by atoms with Crippen LogP contribution in [0, 0.1) is 0 Å². The Labute approximate surface area is 199 Å². The van der Waals surface area contributed by atoms with Crippen molar-refractivity contribution in [3.05, 3.63) is 136 Å². The SMILES string of the molecule is O=C1C(Cc2ccccc2)N=C(c2ccccc2)c2cc(Cl)ccc2N1Cc1ccccc1. The van der Waals surface area contributed by atoms with E-state index in [4.69, 9.17) is 16.6 Å². The summed E-state index contributed by atoms with van der Waals surface area (Å²) in [6, 6.07) is 35.3. The van der Waals surface area contributed by atoms with Gasteiger partial charge >= 0.3 is 0 Å². The summed E-state index contributed by atoms with van der Waals surface area (Å²) in [5, 5.41) is 0.617. The molecule has 3 nitrogen and oxygen atoms in total. The summed E-state index contributed by atoms with van der Waals surface area (Å²) in [6.07, 6.45) is 0.531. The minimum Gasteiger partial charge on any atom is -0.305 e. The molecule has 0 bridgehead atoms. The molecule has 0 radical (unpaired) electrons. The molecular formula is C29H23ClN2O. The van der Waals surface area contributed by atoms with Crippen LogP contribution < -0.4 is 4.90 Å². The molecule has 5 rings (SSSR count). The Bertz CT molecular complexity index is 1290. The molecule has 0 saturated carbocycles. The van der Waals surface area contributed by atoms with Gasteiger partial charge in [0.1, 0.15) is 6.04 Å². The number of rotatable bonds is 5. The highest BCUT2D eigenvalue weighted by atomic mass is 35.5. The first-order valence-electron chi connectivity index (χ1n) is 11.0. The zero-order chi connectivity index (χ0) is 22.6. The number of anilines is 1. The van der Waals surface area contributed by atoms with Crippen molar-refractivity contribution in [1.82, 2.24) is 0 Å². The van der Waals surface area contributed by atoms with Crippen molar-refractivity contribution in [2.75, 3.05) is 4.90 Å². The van der Waals surface area contributed by atoms with E-state index < -0.39 is 6.04 Å². The van der Waals surface area contributed by atoms with Crippen LogP contribution in [0.2, 0.25) is 5.02 Å². The predicted octanol–water partition coefficient (Wildman–Crippen LogP) is 6.34. The molecule has 0 saturated heterocycles. The normalized spacial score (nSPS) is 15.5. The van der Waals surface area contributed by atoms with Crippen LogP contribution in [0.3, 0.4) is 0 Å². The number of benzodiazepines with no additional fused rings is 1. The molecule has 1 heterocycles. The minimum absolute atomic E-state index is 0.0165. The van der Waals surface area contributed by atoms with Gasteiger partial charge in [-0.1, -0.05) is 103 Å². The van der Waals surface area contributed by atoms with Gasteiger partial charge in [-0.2, -0.15) is 0 Å². The second-order valence-electron chi connectivity index (χ2n) is 8.12. The maximum Gasteiger partial charge on any atom is 0.252 e. The van der Waals surface area contributed by atoms with Crippen molar-refractivity contribution in [3.63, 3.8) is 0 Å². The molecule has 162 valence electrons. The lowest BCUT2D eigenvalue weighted by Crippen LogP contribution is -2.38. The van der Waals surface area contributed by atoms with Crippen LogP contribution in [0.4, 0.5) is 5.69 Å². The van der Waals surface area contributed by atoms with Crippen molar-refractivity contribution < 1.29 is 4.79 Å². The fourth-order valence-electron chi connectivity index (χ4n) is 4.24. The molecule has 1 aliphatic rings. The van der Waals surface area contributed by atoms with E-state index in [0.29, 0.717) is 18.0 Å². The van der Waals surface area contributed by atoms with E-state index in [-0.39, 0.29) is 5.91 Å². The van der Waals surface area contributed by atoms with E-state index in [0.717, 1.165) is 33.7 Å². The lowest BCUT2D eigenvalue weighted by molar-refractivity contribution is -0.119. The highest BCUT2D eigenvalue weighted by molar-refractivity contribution is 6.32. The van der Waals surface area contributed by atoms with Crippen molar-refractivity contribution in [2.24, 2.45) is 4.99 Å². The van der Waals surface area contributed by atoms with Crippen molar-refractivity contribution in [1.29, 1.82) is 0 Å². The van der Waals surface area contributed by atoms with E-state index in [9.17, 15) is 4.79 Å². The molecule has 1 atom stereocenters. The van der Waals surface area contributed by atoms with Crippen LogP contribution in [-0.2, 0) is 17.8 Å². The van der Waals surface area contributed by atoms with Gasteiger partial charge < -0.3 is 4.90 Å². The van der Waals surface area contributed by atoms with Gasteiger partial charge in [-0.25, -0.2) is 0 Å². The van der Waals surface area contributed by atoms with Gasteiger partial charge in [-0.3, -0.25) is 9.79 Å². The smallest absolute Gasteiger partial charge is 0.252 e. The Kier molecular flexibility index (Phi) is 6.05. The zero-order valence-electron chi connectivity index (χ0n) is 18.1. The van der Waals surface area contributed by atoms with Crippen LogP contribution in [-0.4, -0.2) is 17.7 Å². The van der Waals surface area contributed by atoms with E-state index in [1.807, 2.05) is 114 Å². The van der Waals surface area contributed by atoms with Gasteiger partial charge in [-0.15, -0.1) is 0 Å². The second kappa shape index (κ2) is 9.43. The third-order valence-corrected chi connectivity index (χ3v) is 6.08. The van der Waals surface area contributed by atoms with Crippen molar-refractivity contribution >= 4 is 28.9 Å². The Hall–Kier alpha value is -3.69. The van der Waals surface area contributed by atoms with Crippen LogP contribution in [0.5, 0.6) is 0 Å². The van der Waals surface area contributed by atoms with Crippen molar-refractivity contribution in [2.45, 2.75) is 19.0 Å². The van der Waals surface area contributed by atoms with Gasteiger partial charge in [0.15, 0.2) is 0 Å².